The topological polar surface area (TPSA) is 18.5 Å². The largest absolute Gasteiger partial charge is 0.457 e. The molecule has 0 amide bonds. The molecule has 0 unspecified atom stereocenters. The maximum Gasteiger partial charge on any atom is 0.285 e. The van der Waals surface area contributed by atoms with Crippen LogP contribution in [0.2, 0.25) is 0 Å². The SMILES string of the molecule is C=C1CO/C(=C\c2ccccc2)O1. The molecule has 0 atom stereocenters. The lowest BCUT2D eigenvalue weighted by atomic mass is 10.2. The minimum atomic E-state index is 0.457. The molecule has 0 N–H and O–H groups in total. The van der Waals surface area contributed by atoms with Crippen LogP contribution in [0.15, 0.2) is 48.6 Å². The van der Waals surface area contributed by atoms with Crippen molar-refractivity contribution in [3.05, 3.63) is 54.2 Å². The first-order chi connectivity index (χ1) is 6.34. The quantitative estimate of drug-likeness (QED) is 0.651. The summed E-state index contributed by atoms with van der Waals surface area (Å²) in [4.78, 5) is 0. The van der Waals surface area contributed by atoms with Gasteiger partial charge in [0.1, 0.15) is 12.4 Å². The van der Waals surface area contributed by atoms with E-state index in [1.807, 2.05) is 36.4 Å². The fourth-order valence-electron chi connectivity index (χ4n) is 1.11. The number of hydrogen-bond donors (Lipinski definition) is 0. The fourth-order valence-corrected chi connectivity index (χ4v) is 1.11. The maximum absolute atomic E-state index is 5.21. The number of benzene rings is 1. The Kier molecular flexibility index (Phi) is 2.04. The van der Waals surface area contributed by atoms with Crippen molar-refractivity contribution in [3.63, 3.8) is 0 Å². The van der Waals surface area contributed by atoms with Gasteiger partial charge in [-0.05, 0) is 5.56 Å². The zero-order valence-electron chi connectivity index (χ0n) is 7.19. The molecule has 1 aliphatic rings. The van der Waals surface area contributed by atoms with Crippen molar-refractivity contribution in [3.8, 4) is 0 Å². The van der Waals surface area contributed by atoms with Gasteiger partial charge >= 0.3 is 0 Å². The molecule has 2 rings (SSSR count). The fraction of sp³-hybridized carbons (Fsp3) is 0.0909. The monoisotopic (exact) mass is 174 g/mol. The Morgan fingerprint density at radius 2 is 2.00 bits per heavy atom. The van der Waals surface area contributed by atoms with E-state index in [0.29, 0.717) is 18.3 Å². The van der Waals surface area contributed by atoms with Crippen LogP contribution in [-0.4, -0.2) is 6.61 Å². The summed E-state index contributed by atoms with van der Waals surface area (Å²) < 4.78 is 10.4. The standard InChI is InChI=1S/C11H10O2/c1-9-8-12-11(13-9)7-10-5-3-2-4-6-10/h2-7H,1,8H2/b11-7+. The highest BCUT2D eigenvalue weighted by molar-refractivity contribution is 5.50. The van der Waals surface area contributed by atoms with E-state index in [-0.39, 0.29) is 0 Å². The van der Waals surface area contributed by atoms with Crippen molar-refractivity contribution < 1.29 is 9.47 Å². The van der Waals surface area contributed by atoms with Crippen LogP contribution in [-0.2, 0) is 9.47 Å². The lowest BCUT2D eigenvalue weighted by molar-refractivity contribution is 0.192. The van der Waals surface area contributed by atoms with Crippen molar-refractivity contribution in [1.82, 2.24) is 0 Å². The van der Waals surface area contributed by atoms with E-state index < -0.39 is 0 Å². The van der Waals surface area contributed by atoms with Crippen molar-refractivity contribution >= 4 is 6.08 Å². The van der Waals surface area contributed by atoms with Crippen molar-refractivity contribution in [2.24, 2.45) is 0 Å². The second-order valence-electron chi connectivity index (χ2n) is 2.80. The van der Waals surface area contributed by atoms with Crippen molar-refractivity contribution in [1.29, 1.82) is 0 Å². The molecule has 1 aromatic rings. The molecule has 0 aromatic heterocycles. The van der Waals surface area contributed by atoms with Gasteiger partial charge in [0, 0.05) is 6.08 Å². The second kappa shape index (κ2) is 3.35. The van der Waals surface area contributed by atoms with Gasteiger partial charge in [-0.25, -0.2) is 0 Å². The van der Waals surface area contributed by atoms with Crippen LogP contribution in [0, 0.1) is 0 Å². The molecule has 0 spiro atoms. The van der Waals surface area contributed by atoms with Gasteiger partial charge in [0.2, 0.25) is 0 Å². The molecule has 66 valence electrons. The van der Waals surface area contributed by atoms with E-state index in [0.717, 1.165) is 5.56 Å². The lowest BCUT2D eigenvalue weighted by Crippen LogP contribution is -1.80. The molecule has 1 aromatic carbocycles. The van der Waals surface area contributed by atoms with E-state index in [1.165, 1.54) is 0 Å². The molecular weight excluding hydrogens is 164 g/mol. The van der Waals surface area contributed by atoms with Crippen LogP contribution >= 0.6 is 0 Å². The van der Waals surface area contributed by atoms with Gasteiger partial charge in [0.15, 0.2) is 0 Å². The van der Waals surface area contributed by atoms with Gasteiger partial charge in [0.05, 0.1) is 0 Å². The molecule has 0 radical (unpaired) electrons. The predicted molar refractivity (Wildman–Crippen MR) is 50.6 cm³/mol. The molecule has 1 saturated heterocycles. The zero-order chi connectivity index (χ0) is 9.10. The number of hydrogen-bond acceptors (Lipinski definition) is 2. The Morgan fingerprint density at radius 1 is 1.23 bits per heavy atom. The van der Waals surface area contributed by atoms with E-state index in [1.54, 1.807) is 0 Å². The molecule has 0 aliphatic carbocycles. The summed E-state index contributed by atoms with van der Waals surface area (Å²) in [6.07, 6.45) is 1.85. The Labute approximate surface area is 77.1 Å². The molecule has 13 heavy (non-hydrogen) atoms. The average molecular weight is 174 g/mol. The van der Waals surface area contributed by atoms with Crippen LogP contribution in [0.3, 0.4) is 0 Å². The Bertz CT molecular complexity index is 338. The number of rotatable bonds is 1. The summed E-state index contributed by atoms with van der Waals surface area (Å²) >= 11 is 0. The Hall–Kier alpha value is -1.70. The van der Waals surface area contributed by atoms with Gasteiger partial charge in [-0.3, -0.25) is 0 Å². The van der Waals surface area contributed by atoms with Crippen LogP contribution in [0.4, 0.5) is 0 Å². The summed E-state index contributed by atoms with van der Waals surface area (Å²) in [6.45, 7) is 4.11. The highest BCUT2D eigenvalue weighted by Gasteiger charge is 2.12. The summed E-state index contributed by atoms with van der Waals surface area (Å²) in [6, 6.07) is 9.88. The van der Waals surface area contributed by atoms with E-state index in [2.05, 4.69) is 6.58 Å². The molecule has 1 aliphatic heterocycles. The minimum absolute atomic E-state index is 0.457. The first-order valence-electron chi connectivity index (χ1n) is 4.10. The van der Waals surface area contributed by atoms with Crippen LogP contribution < -0.4 is 0 Å². The van der Waals surface area contributed by atoms with Crippen LogP contribution in [0.5, 0.6) is 0 Å². The highest BCUT2D eigenvalue weighted by atomic mass is 16.7. The molecular formula is C11H10O2. The lowest BCUT2D eigenvalue weighted by Gasteiger charge is -1.96. The van der Waals surface area contributed by atoms with Gasteiger partial charge in [-0.2, -0.15) is 0 Å². The van der Waals surface area contributed by atoms with Crippen molar-refractivity contribution in [2.45, 2.75) is 0 Å². The summed E-state index contributed by atoms with van der Waals surface area (Å²) in [5.41, 5.74) is 1.06. The predicted octanol–water partition coefficient (Wildman–Crippen LogP) is 2.55. The Morgan fingerprint density at radius 3 is 2.62 bits per heavy atom. The third-order valence-corrected chi connectivity index (χ3v) is 1.70. The Balaban J connectivity index is 2.17. The molecule has 2 nitrogen and oxygen atoms in total. The smallest absolute Gasteiger partial charge is 0.285 e. The summed E-state index contributed by atoms with van der Waals surface area (Å²) in [7, 11) is 0. The van der Waals surface area contributed by atoms with Gasteiger partial charge in [-0.15, -0.1) is 0 Å². The third-order valence-electron chi connectivity index (χ3n) is 1.70. The highest BCUT2D eigenvalue weighted by Crippen LogP contribution is 2.19. The van der Waals surface area contributed by atoms with E-state index in [4.69, 9.17) is 9.47 Å². The molecule has 2 heteroatoms. The first kappa shape index (κ1) is 7.92. The van der Waals surface area contributed by atoms with Gasteiger partial charge in [0.25, 0.3) is 5.95 Å². The second-order valence-corrected chi connectivity index (χ2v) is 2.80. The summed E-state index contributed by atoms with van der Waals surface area (Å²) in [5.74, 6) is 1.18. The van der Waals surface area contributed by atoms with E-state index in [9.17, 15) is 0 Å². The maximum atomic E-state index is 5.21. The number of ether oxygens (including phenoxy) is 2. The zero-order valence-corrected chi connectivity index (χ0v) is 7.19. The normalized spacial score (nSPS) is 18.5. The average Bonchev–Trinajstić information content (AvgIpc) is 2.53. The van der Waals surface area contributed by atoms with Gasteiger partial charge < -0.3 is 9.47 Å². The van der Waals surface area contributed by atoms with Crippen LogP contribution in [0.25, 0.3) is 6.08 Å². The third kappa shape index (κ3) is 1.90. The first-order valence-corrected chi connectivity index (χ1v) is 4.10. The molecule has 1 fully saturated rings. The molecule has 0 saturated carbocycles. The van der Waals surface area contributed by atoms with E-state index >= 15 is 0 Å². The molecule has 0 bridgehead atoms. The molecule has 1 heterocycles. The summed E-state index contributed by atoms with van der Waals surface area (Å²) in [5, 5.41) is 0. The van der Waals surface area contributed by atoms with Gasteiger partial charge in [-0.1, -0.05) is 36.9 Å². The van der Waals surface area contributed by atoms with Crippen LogP contribution in [0.1, 0.15) is 5.56 Å². The minimum Gasteiger partial charge on any atom is -0.457 e. The van der Waals surface area contributed by atoms with Crippen molar-refractivity contribution in [2.75, 3.05) is 6.61 Å².